The molecule has 0 rings (SSSR count). The molecule has 35 heavy (non-hydrogen) atoms. The molecule has 0 bridgehead atoms. The largest absolute Gasteiger partial charge is 0.303 e. The predicted molar refractivity (Wildman–Crippen MR) is 163 cm³/mol. The van der Waals surface area contributed by atoms with E-state index in [1.165, 1.54) is 199 Å². The molecule has 0 unspecified atom stereocenters. The fourth-order valence-corrected chi connectivity index (χ4v) is 5.45. The molecule has 212 valence electrons. The van der Waals surface area contributed by atoms with Crippen LogP contribution in [0, 0.1) is 0 Å². The Kier molecular flexibility index (Phi) is 32.0. The highest BCUT2D eigenvalue weighted by molar-refractivity contribution is 4.60. The van der Waals surface area contributed by atoms with Crippen LogP contribution in [0.15, 0.2) is 0 Å². The summed E-state index contributed by atoms with van der Waals surface area (Å²) in [7, 11) is 0. The van der Waals surface area contributed by atoms with Gasteiger partial charge in [0.2, 0.25) is 0 Å². The highest BCUT2D eigenvalue weighted by atomic mass is 15.1. The fourth-order valence-electron chi connectivity index (χ4n) is 5.45. The second-order valence-corrected chi connectivity index (χ2v) is 11.7. The van der Waals surface area contributed by atoms with Crippen molar-refractivity contribution in [3.05, 3.63) is 0 Å². The zero-order chi connectivity index (χ0) is 25.5. The van der Waals surface area contributed by atoms with Gasteiger partial charge in [0.05, 0.1) is 0 Å². The van der Waals surface area contributed by atoms with E-state index in [1.807, 2.05) is 0 Å². The summed E-state index contributed by atoms with van der Waals surface area (Å²) in [4.78, 5) is 2.79. The van der Waals surface area contributed by atoms with Crippen LogP contribution in [0.1, 0.15) is 201 Å². The van der Waals surface area contributed by atoms with Gasteiger partial charge in [-0.25, -0.2) is 0 Å². The Labute approximate surface area is 225 Å². The Morgan fingerprint density at radius 2 is 0.400 bits per heavy atom. The van der Waals surface area contributed by atoms with Gasteiger partial charge in [-0.05, 0) is 38.9 Å². The zero-order valence-corrected chi connectivity index (χ0v) is 25.4. The molecule has 0 aromatic heterocycles. The van der Waals surface area contributed by atoms with Crippen molar-refractivity contribution in [2.24, 2.45) is 0 Å². The summed E-state index contributed by atoms with van der Waals surface area (Å²) in [5, 5.41) is 0. The maximum atomic E-state index is 2.79. The van der Waals surface area contributed by atoms with E-state index in [0.717, 1.165) is 0 Å². The van der Waals surface area contributed by atoms with Crippen molar-refractivity contribution in [3.8, 4) is 0 Å². The summed E-state index contributed by atoms with van der Waals surface area (Å²) in [6.07, 6.45) is 40.7. The van der Waals surface area contributed by atoms with Gasteiger partial charge < -0.3 is 4.90 Å². The van der Waals surface area contributed by atoms with Crippen LogP contribution < -0.4 is 0 Å². The number of nitrogens with zero attached hydrogens (tertiary/aromatic N) is 1. The molecule has 0 aromatic carbocycles. The van der Waals surface area contributed by atoms with E-state index in [-0.39, 0.29) is 0 Å². The monoisotopic (exact) mass is 494 g/mol. The second-order valence-electron chi connectivity index (χ2n) is 11.7. The van der Waals surface area contributed by atoms with Gasteiger partial charge in [0.25, 0.3) is 0 Å². The molecule has 0 heterocycles. The minimum absolute atomic E-state index is 1.35. The molecule has 0 N–H and O–H groups in total. The third kappa shape index (κ3) is 30.1. The molecule has 0 amide bonds. The lowest BCUT2D eigenvalue weighted by Crippen LogP contribution is -2.27. The molecule has 0 aliphatic heterocycles. The normalized spacial score (nSPS) is 11.7. The van der Waals surface area contributed by atoms with E-state index < -0.39 is 0 Å². The Morgan fingerprint density at radius 1 is 0.229 bits per heavy atom. The van der Waals surface area contributed by atoms with Gasteiger partial charge in [0.1, 0.15) is 0 Å². The topological polar surface area (TPSA) is 3.24 Å². The van der Waals surface area contributed by atoms with Crippen molar-refractivity contribution >= 4 is 0 Å². The molecular formula is C34H71N. The van der Waals surface area contributed by atoms with Crippen LogP contribution in [0.5, 0.6) is 0 Å². The lowest BCUT2D eigenvalue weighted by molar-refractivity contribution is 0.254. The summed E-state index contributed by atoms with van der Waals surface area (Å²) in [6, 6.07) is 0. The van der Waals surface area contributed by atoms with Crippen LogP contribution in [-0.4, -0.2) is 24.5 Å². The third-order valence-corrected chi connectivity index (χ3v) is 7.98. The third-order valence-electron chi connectivity index (χ3n) is 7.98. The quantitative estimate of drug-likeness (QED) is 0.0867. The van der Waals surface area contributed by atoms with Crippen LogP contribution in [-0.2, 0) is 0 Å². The molecule has 0 fully saturated rings. The van der Waals surface area contributed by atoms with Gasteiger partial charge in [-0.2, -0.15) is 0 Å². The number of unbranched alkanes of at least 4 members (excludes halogenated alkanes) is 25. The molecule has 1 nitrogen and oxygen atoms in total. The molecule has 1 heteroatoms. The molecule has 0 saturated carbocycles. The SMILES string of the molecule is CCCCCCCCCCCCCCCCCCCCCCN(CCCCCC)CCCCCC. The molecule has 0 aromatic rings. The van der Waals surface area contributed by atoms with Crippen LogP contribution in [0.25, 0.3) is 0 Å². The Bertz CT molecular complexity index is 340. The summed E-state index contributed by atoms with van der Waals surface area (Å²) in [5.74, 6) is 0. The van der Waals surface area contributed by atoms with E-state index >= 15 is 0 Å². The van der Waals surface area contributed by atoms with Gasteiger partial charge >= 0.3 is 0 Å². The summed E-state index contributed by atoms with van der Waals surface area (Å²) < 4.78 is 0. The van der Waals surface area contributed by atoms with Gasteiger partial charge in [-0.3, -0.25) is 0 Å². The van der Waals surface area contributed by atoms with Gasteiger partial charge in [-0.1, -0.05) is 181 Å². The van der Waals surface area contributed by atoms with Crippen molar-refractivity contribution in [2.45, 2.75) is 201 Å². The van der Waals surface area contributed by atoms with Crippen molar-refractivity contribution in [1.82, 2.24) is 4.90 Å². The van der Waals surface area contributed by atoms with Crippen LogP contribution in [0.2, 0.25) is 0 Å². The minimum atomic E-state index is 1.35. The Hall–Kier alpha value is -0.0400. The first kappa shape index (κ1) is 35.0. The lowest BCUT2D eigenvalue weighted by atomic mass is 10.0. The van der Waals surface area contributed by atoms with Crippen molar-refractivity contribution in [3.63, 3.8) is 0 Å². The predicted octanol–water partition coefficient (Wildman–Crippen LogP) is 12.3. The number of hydrogen-bond acceptors (Lipinski definition) is 1. The maximum Gasteiger partial charge on any atom is -0.00187 e. The molecule has 0 aliphatic rings. The first-order valence-electron chi connectivity index (χ1n) is 17.1. The van der Waals surface area contributed by atoms with Crippen molar-refractivity contribution in [1.29, 1.82) is 0 Å². The van der Waals surface area contributed by atoms with E-state index in [4.69, 9.17) is 0 Å². The zero-order valence-electron chi connectivity index (χ0n) is 25.4. The van der Waals surface area contributed by atoms with Gasteiger partial charge in [0, 0.05) is 0 Å². The number of rotatable bonds is 31. The van der Waals surface area contributed by atoms with Crippen LogP contribution >= 0.6 is 0 Å². The van der Waals surface area contributed by atoms with Crippen LogP contribution in [0.4, 0.5) is 0 Å². The van der Waals surface area contributed by atoms with E-state index in [9.17, 15) is 0 Å². The maximum absolute atomic E-state index is 2.79. The van der Waals surface area contributed by atoms with Gasteiger partial charge in [-0.15, -0.1) is 0 Å². The highest BCUT2D eigenvalue weighted by Gasteiger charge is 2.04. The molecule has 0 atom stereocenters. The Morgan fingerprint density at radius 3 is 0.629 bits per heavy atom. The first-order chi connectivity index (χ1) is 17.3. The number of hydrogen-bond donors (Lipinski definition) is 0. The minimum Gasteiger partial charge on any atom is -0.303 e. The average molecular weight is 494 g/mol. The van der Waals surface area contributed by atoms with E-state index in [0.29, 0.717) is 0 Å². The molecule has 0 aliphatic carbocycles. The van der Waals surface area contributed by atoms with E-state index in [2.05, 4.69) is 25.7 Å². The summed E-state index contributed by atoms with van der Waals surface area (Å²) in [5.41, 5.74) is 0. The lowest BCUT2D eigenvalue weighted by Gasteiger charge is -2.22. The molecule has 0 radical (unpaired) electrons. The first-order valence-corrected chi connectivity index (χ1v) is 17.1. The summed E-state index contributed by atoms with van der Waals surface area (Å²) in [6.45, 7) is 11.0. The van der Waals surface area contributed by atoms with Crippen LogP contribution in [0.3, 0.4) is 0 Å². The molecule has 0 spiro atoms. The smallest absolute Gasteiger partial charge is 0.00187 e. The highest BCUT2D eigenvalue weighted by Crippen LogP contribution is 2.15. The molecule has 0 saturated heterocycles. The second kappa shape index (κ2) is 32.0. The van der Waals surface area contributed by atoms with E-state index in [1.54, 1.807) is 0 Å². The Balaban J connectivity index is 3.38. The average Bonchev–Trinajstić information content (AvgIpc) is 2.87. The van der Waals surface area contributed by atoms with Gasteiger partial charge in [0.15, 0.2) is 0 Å². The molecular weight excluding hydrogens is 422 g/mol. The van der Waals surface area contributed by atoms with Crippen molar-refractivity contribution < 1.29 is 0 Å². The summed E-state index contributed by atoms with van der Waals surface area (Å²) >= 11 is 0. The standard InChI is InChI=1S/C34H71N/c1-4-7-10-13-14-15-16-17-18-19-20-21-22-23-24-25-26-27-28-31-34-35(32-29-11-8-5-2)33-30-12-9-6-3/h4-34H2,1-3H3. The van der Waals surface area contributed by atoms with Crippen molar-refractivity contribution in [2.75, 3.05) is 19.6 Å². The fraction of sp³-hybridized carbons (Fsp3) is 1.00.